The lowest BCUT2D eigenvalue weighted by Crippen LogP contribution is -2.40. The van der Waals surface area contributed by atoms with Crippen molar-refractivity contribution in [3.63, 3.8) is 0 Å². The third-order valence-corrected chi connectivity index (χ3v) is 3.71. The summed E-state index contributed by atoms with van der Waals surface area (Å²) >= 11 is -1.17. The maximum absolute atomic E-state index is 11.9. The minimum absolute atomic E-state index is 0.220. The second-order valence-corrected chi connectivity index (χ2v) is 6.66. The van der Waals surface area contributed by atoms with Crippen molar-refractivity contribution in [3.05, 3.63) is 23.8 Å². The van der Waals surface area contributed by atoms with Gasteiger partial charge in [0, 0.05) is 23.8 Å². The smallest absolute Gasteiger partial charge is 0.149 e. The first kappa shape index (κ1) is 13.9. The Morgan fingerprint density at radius 2 is 1.94 bits per heavy atom. The summed E-state index contributed by atoms with van der Waals surface area (Å²) in [7, 11) is 0. The Morgan fingerprint density at radius 1 is 1.41 bits per heavy atom. The molecule has 0 saturated heterocycles. The molecule has 92 valence electrons. The first-order valence-corrected chi connectivity index (χ1v) is 6.39. The van der Waals surface area contributed by atoms with Crippen LogP contribution in [-0.4, -0.2) is 19.3 Å². The van der Waals surface area contributed by atoms with Crippen molar-refractivity contribution in [1.29, 1.82) is 5.26 Å². The number of nitriles is 1. The van der Waals surface area contributed by atoms with E-state index in [1.54, 1.807) is 0 Å². The zero-order valence-corrected chi connectivity index (χ0v) is 11.2. The minimum Gasteiger partial charge on any atom is -0.598 e. The van der Waals surface area contributed by atoms with Crippen LogP contribution >= 0.6 is 0 Å². The Kier molecular flexibility index (Phi) is 4.46. The van der Waals surface area contributed by atoms with Crippen molar-refractivity contribution in [2.45, 2.75) is 38.5 Å². The van der Waals surface area contributed by atoms with Crippen molar-refractivity contribution in [2.24, 2.45) is 0 Å². The molecule has 0 spiro atoms. The molecule has 1 N–H and O–H groups in total. The molecule has 1 aromatic rings. The summed E-state index contributed by atoms with van der Waals surface area (Å²) in [6.45, 7) is 7.51. The third kappa shape index (κ3) is 3.97. The van der Waals surface area contributed by atoms with E-state index in [0.29, 0.717) is 11.4 Å². The molecule has 0 saturated carbocycles. The lowest BCUT2D eigenvalue weighted by atomic mass is 10.3. The van der Waals surface area contributed by atoms with E-state index in [4.69, 9.17) is 5.26 Å². The molecule has 17 heavy (non-hydrogen) atoms. The van der Waals surface area contributed by atoms with Gasteiger partial charge in [0.25, 0.3) is 0 Å². The Balaban J connectivity index is 2.70. The highest BCUT2D eigenvalue weighted by atomic mass is 32.2. The van der Waals surface area contributed by atoms with Crippen LogP contribution < -0.4 is 4.72 Å². The molecule has 2 unspecified atom stereocenters. The predicted molar refractivity (Wildman–Crippen MR) is 66.2 cm³/mol. The summed E-state index contributed by atoms with van der Waals surface area (Å²) in [5.74, 6) is 0.529. The maximum atomic E-state index is 11.9. The van der Waals surface area contributed by atoms with Crippen LogP contribution in [0.3, 0.4) is 0 Å². The Hall–Kier alpha value is -1.16. The Morgan fingerprint density at radius 3 is 2.35 bits per heavy atom. The number of hydrogen-bond acceptors (Lipinski definition) is 5. The Bertz CT molecular complexity index is 407. The molecule has 0 aliphatic heterocycles. The standard InChI is InChI=1S/C11H16N4OS/c1-8(15-17(16)11(2,3)4)10-13-6-9(5-12)7-14-10/h6-8,15H,1-4H3. The zero-order chi connectivity index (χ0) is 13.1. The summed E-state index contributed by atoms with van der Waals surface area (Å²) in [5.41, 5.74) is 0.415. The van der Waals surface area contributed by atoms with E-state index in [9.17, 15) is 4.55 Å². The number of hydrogen-bond donors (Lipinski definition) is 1. The van der Waals surface area contributed by atoms with Gasteiger partial charge in [-0.3, -0.25) is 0 Å². The molecule has 1 heterocycles. The van der Waals surface area contributed by atoms with Crippen LogP contribution in [0, 0.1) is 11.3 Å². The second kappa shape index (κ2) is 5.45. The van der Waals surface area contributed by atoms with E-state index < -0.39 is 11.4 Å². The number of nitrogens with one attached hydrogen (secondary N) is 1. The van der Waals surface area contributed by atoms with Crippen molar-refractivity contribution >= 4 is 11.4 Å². The van der Waals surface area contributed by atoms with Crippen molar-refractivity contribution in [2.75, 3.05) is 0 Å². The van der Waals surface area contributed by atoms with E-state index in [2.05, 4.69) is 14.7 Å². The molecular formula is C11H16N4OS. The molecule has 0 aliphatic carbocycles. The van der Waals surface area contributed by atoms with Crippen molar-refractivity contribution in [1.82, 2.24) is 14.7 Å². The van der Waals surface area contributed by atoms with Crippen LogP contribution in [0.15, 0.2) is 12.4 Å². The van der Waals surface area contributed by atoms with Crippen molar-refractivity contribution < 1.29 is 4.55 Å². The van der Waals surface area contributed by atoms with Gasteiger partial charge in [0.1, 0.15) is 22.7 Å². The lowest BCUT2D eigenvalue weighted by molar-refractivity contribution is 0.526. The van der Waals surface area contributed by atoms with Crippen LogP contribution in [0.4, 0.5) is 0 Å². The molecule has 0 aromatic carbocycles. The maximum Gasteiger partial charge on any atom is 0.149 e. The number of nitrogens with zero attached hydrogens (tertiary/aromatic N) is 3. The fraction of sp³-hybridized carbons (Fsp3) is 0.545. The largest absolute Gasteiger partial charge is 0.598 e. The van der Waals surface area contributed by atoms with Crippen LogP contribution in [0.5, 0.6) is 0 Å². The van der Waals surface area contributed by atoms with Crippen LogP contribution in [0.2, 0.25) is 0 Å². The monoisotopic (exact) mass is 252 g/mol. The number of aromatic nitrogens is 2. The highest BCUT2D eigenvalue weighted by molar-refractivity contribution is 7.90. The predicted octanol–water partition coefficient (Wildman–Crippen LogP) is 1.46. The van der Waals surface area contributed by atoms with Crippen LogP contribution in [0.25, 0.3) is 0 Å². The van der Waals surface area contributed by atoms with Gasteiger partial charge in [-0.05, 0) is 27.7 Å². The molecule has 1 rings (SSSR count). The van der Waals surface area contributed by atoms with E-state index >= 15 is 0 Å². The van der Waals surface area contributed by atoms with Gasteiger partial charge in [-0.15, -0.1) is 4.72 Å². The number of rotatable bonds is 3. The zero-order valence-electron chi connectivity index (χ0n) is 10.4. The highest BCUT2D eigenvalue weighted by Crippen LogP contribution is 2.17. The molecule has 0 amide bonds. The molecule has 6 heteroatoms. The first-order chi connectivity index (χ1) is 7.84. The fourth-order valence-electron chi connectivity index (χ4n) is 1.01. The molecule has 0 fully saturated rings. The summed E-state index contributed by atoms with van der Waals surface area (Å²) in [6, 6.07) is 1.73. The SMILES string of the molecule is CC(N[S+]([O-])C(C)(C)C)c1ncc(C#N)cn1. The van der Waals surface area contributed by atoms with Gasteiger partial charge in [-0.25, -0.2) is 9.97 Å². The fourth-order valence-corrected chi connectivity index (χ4v) is 1.79. The quantitative estimate of drug-likeness (QED) is 0.823. The molecular weight excluding hydrogens is 236 g/mol. The summed E-state index contributed by atoms with van der Waals surface area (Å²) in [4.78, 5) is 8.11. The topological polar surface area (TPSA) is 84.7 Å². The van der Waals surface area contributed by atoms with E-state index in [-0.39, 0.29) is 10.8 Å². The summed E-state index contributed by atoms with van der Waals surface area (Å²) < 4.78 is 14.5. The third-order valence-electron chi connectivity index (χ3n) is 2.03. The highest BCUT2D eigenvalue weighted by Gasteiger charge is 2.28. The average molecular weight is 252 g/mol. The van der Waals surface area contributed by atoms with Crippen molar-refractivity contribution in [3.8, 4) is 6.07 Å². The van der Waals surface area contributed by atoms with Gasteiger partial charge in [0.15, 0.2) is 0 Å². The molecule has 0 bridgehead atoms. The van der Waals surface area contributed by atoms with Crippen LogP contribution in [0.1, 0.15) is 45.1 Å². The van der Waals surface area contributed by atoms with Gasteiger partial charge >= 0.3 is 0 Å². The normalized spacial score (nSPS) is 15.1. The molecule has 5 nitrogen and oxygen atoms in total. The van der Waals surface area contributed by atoms with E-state index in [1.807, 2.05) is 33.8 Å². The summed E-state index contributed by atoms with van der Waals surface area (Å²) in [6.07, 6.45) is 2.92. The molecule has 2 atom stereocenters. The van der Waals surface area contributed by atoms with Crippen LogP contribution in [-0.2, 0) is 11.4 Å². The Labute approximate surface area is 105 Å². The second-order valence-electron chi connectivity index (χ2n) is 4.66. The molecule has 0 radical (unpaired) electrons. The first-order valence-electron chi connectivity index (χ1n) is 5.24. The lowest BCUT2D eigenvalue weighted by Gasteiger charge is -2.25. The van der Waals surface area contributed by atoms with Gasteiger partial charge in [0.05, 0.1) is 5.56 Å². The summed E-state index contributed by atoms with van der Waals surface area (Å²) in [5, 5.41) is 8.62. The van der Waals surface area contributed by atoms with Gasteiger partial charge in [-0.2, -0.15) is 5.26 Å². The average Bonchev–Trinajstić information content (AvgIpc) is 2.27. The molecule has 0 aliphatic rings. The molecule has 1 aromatic heterocycles. The van der Waals surface area contributed by atoms with E-state index in [0.717, 1.165) is 0 Å². The van der Waals surface area contributed by atoms with Gasteiger partial charge < -0.3 is 4.55 Å². The van der Waals surface area contributed by atoms with Gasteiger partial charge in [0.2, 0.25) is 0 Å². The minimum atomic E-state index is -1.17. The van der Waals surface area contributed by atoms with E-state index in [1.165, 1.54) is 12.4 Å². The van der Waals surface area contributed by atoms with Gasteiger partial charge in [-0.1, -0.05) is 0 Å².